The van der Waals surface area contributed by atoms with Crippen molar-refractivity contribution in [2.45, 2.75) is 58.4 Å². The first-order valence-corrected chi connectivity index (χ1v) is 8.88. The highest BCUT2D eigenvalue weighted by Crippen LogP contribution is 2.37. The van der Waals surface area contributed by atoms with Gasteiger partial charge in [0.25, 0.3) is 0 Å². The summed E-state index contributed by atoms with van der Waals surface area (Å²) < 4.78 is 1.06. The fourth-order valence-corrected chi connectivity index (χ4v) is 3.55. The van der Waals surface area contributed by atoms with Gasteiger partial charge in [-0.25, -0.2) is 0 Å². The van der Waals surface area contributed by atoms with Crippen LogP contribution in [0.4, 0.5) is 0 Å². The Bertz CT molecular complexity index is 382. The number of aromatic nitrogens is 1. The van der Waals surface area contributed by atoms with Crippen LogP contribution in [0.2, 0.25) is 0 Å². The van der Waals surface area contributed by atoms with Crippen molar-refractivity contribution in [1.82, 2.24) is 10.3 Å². The molecule has 0 amide bonds. The van der Waals surface area contributed by atoms with E-state index in [9.17, 15) is 0 Å². The minimum Gasteiger partial charge on any atom is -0.308 e. The third-order valence-corrected chi connectivity index (χ3v) is 5.09. The second kappa shape index (κ2) is 8.14. The molecule has 1 aliphatic carbocycles. The number of nitrogens with zero attached hydrogens (tertiary/aromatic N) is 1. The molecule has 0 spiro atoms. The highest BCUT2D eigenvalue weighted by atomic mass is 79.9. The van der Waals surface area contributed by atoms with Crippen molar-refractivity contribution in [1.29, 1.82) is 0 Å². The number of nitrogens with one attached hydrogen (secondary N) is 1. The van der Waals surface area contributed by atoms with Crippen molar-refractivity contribution in [2.75, 3.05) is 6.54 Å². The Labute approximate surface area is 131 Å². The second-order valence-corrected chi connectivity index (χ2v) is 6.94. The van der Waals surface area contributed by atoms with Crippen LogP contribution in [0.3, 0.4) is 0 Å². The average molecular weight is 339 g/mol. The zero-order valence-corrected chi connectivity index (χ0v) is 14.3. The fraction of sp³-hybridized carbons (Fsp3) is 0.706. The van der Waals surface area contributed by atoms with Gasteiger partial charge in [0.2, 0.25) is 0 Å². The fourth-order valence-electron chi connectivity index (χ4n) is 3.31. The molecule has 1 heterocycles. The quantitative estimate of drug-likeness (QED) is 0.780. The van der Waals surface area contributed by atoms with Crippen LogP contribution in [-0.4, -0.2) is 11.5 Å². The van der Waals surface area contributed by atoms with Crippen molar-refractivity contribution in [3.63, 3.8) is 0 Å². The minimum atomic E-state index is 0.431. The molecule has 1 saturated carbocycles. The van der Waals surface area contributed by atoms with Crippen molar-refractivity contribution >= 4 is 15.9 Å². The highest BCUT2D eigenvalue weighted by Gasteiger charge is 2.28. The highest BCUT2D eigenvalue weighted by molar-refractivity contribution is 9.10. The van der Waals surface area contributed by atoms with Gasteiger partial charge in [0.1, 0.15) is 0 Å². The largest absolute Gasteiger partial charge is 0.308 e. The van der Waals surface area contributed by atoms with Crippen molar-refractivity contribution < 1.29 is 0 Å². The first-order valence-electron chi connectivity index (χ1n) is 8.09. The third kappa shape index (κ3) is 4.29. The van der Waals surface area contributed by atoms with Gasteiger partial charge in [-0.15, -0.1) is 0 Å². The number of rotatable bonds is 6. The van der Waals surface area contributed by atoms with Crippen LogP contribution in [0.15, 0.2) is 22.8 Å². The topological polar surface area (TPSA) is 24.9 Å². The van der Waals surface area contributed by atoms with Gasteiger partial charge < -0.3 is 5.32 Å². The number of halogens is 1. The molecule has 2 rings (SSSR count). The molecule has 0 radical (unpaired) electrons. The molecule has 1 unspecified atom stereocenters. The van der Waals surface area contributed by atoms with E-state index in [1.807, 2.05) is 6.20 Å². The summed E-state index contributed by atoms with van der Waals surface area (Å²) in [5.74, 6) is 1.70. The monoisotopic (exact) mass is 338 g/mol. The standard InChI is InChI=1S/C17H27BrN2/c1-3-11-19-17(16-10-9-15(18)12-20-16)14-7-5-13(4-2)6-8-14/h9-10,12-14,17,19H,3-8,11H2,1-2H3. The van der Waals surface area contributed by atoms with Gasteiger partial charge >= 0.3 is 0 Å². The molecular formula is C17H27BrN2. The zero-order chi connectivity index (χ0) is 14.4. The second-order valence-electron chi connectivity index (χ2n) is 6.02. The maximum Gasteiger partial charge on any atom is 0.0576 e. The van der Waals surface area contributed by atoms with Gasteiger partial charge in [-0.05, 0) is 65.7 Å². The average Bonchev–Trinajstić information content (AvgIpc) is 2.50. The normalized spacial score (nSPS) is 24.6. The Hall–Kier alpha value is -0.410. The van der Waals surface area contributed by atoms with Crippen LogP contribution in [0.25, 0.3) is 0 Å². The molecule has 0 aliphatic heterocycles. The summed E-state index contributed by atoms with van der Waals surface area (Å²) >= 11 is 3.48. The van der Waals surface area contributed by atoms with Crippen molar-refractivity contribution in [2.24, 2.45) is 11.8 Å². The molecular weight excluding hydrogens is 312 g/mol. The summed E-state index contributed by atoms with van der Waals surface area (Å²) in [6.07, 6.45) is 9.92. The molecule has 1 aromatic heterocycles. The molecule has 1 N–H and O–H groups in total. The van der Waals surface area contributed by atoms with E-state index in [2.05, 4.69) is 52.2 Å². The Morgan fingerprint density at radius 3 is 2.55 bits per heavy atom. The molecule has 3 heteroatoms. The molecule has 1 aromatic rings. The lowest BCUT2D eigenvalue weighted by Gasteiger charge is -2.34. The van der Waals surface area contributed by atoms with Crippen LogP contribution >= 0.6 is 15.9 Å². The van der Waals surface area contributed by atoms with Crippen LogP contribution in [0.1, 0.15) is 64.1 Å². The first kappa shape index (κ1) is 16.0. The predicted molar refractivity (Wildman–Crippen MR) is 88.7 cm³/mol. The van der Waals surface area contributed by atoms with Crippen molar-refractivity contribution in [3.8, 4) is 0 Å². The van der Waals surface area contributed by atoms with Crippen LogP contribution in [-0.2, 0) is 0 Å². The van der Waals surface area contributed by atoms with Crippen molar-refractivity contribution in [3.05, 3.63) is 28.5 Å². The SMILES string of the molecule is CCCNC(c1ccc(Br)cn1)C1CCC(CC)CC1. The molecule has 1 atom stereocenters. The number of pyridine rings is 1. The maximum atomic E-state index is 4.64. The lowest BCUT2D eigenvalue weighted by atomic mass is 9.76. The Balaban J connectivity index is 2.05. The van der Waals surface area contributed by atoms with Gasteiger partial charge in [0.15, 0.2) is 0 Å². The van der Waals surface area contributed by atoms with Gasteiger partial charge in [-0.3, -0.25) is 4.98 Å². The first-order chi connectivity index (χ1) is 9.74. The van der Waals surface area contributed by atoms with E-state index in [1.165, 1.54) is 44.2 Å². The van der Waals surface area contributed by atoms with E-state index in [-0.39, 0.29) is 0 Å². The third-order valence-electron chi connectivity index (χ3n) is 4.62. The van der Waals surface area contributed by atoms with E-state index in [0.717, 1.165) is 22.9 Å². The molecule has 0 bridgehead atoms. The smallest absolute Gasteiger partial charge is 0.0576 e. The summed E-state index contributed by atoms with van der Waals surface area (Å²) in [5, 5.41) is 3.73. The van der Waals surface area contributed by atoms with Gasteiger partial charge in [0, 0.05) is 10.7 Å². The van der Waals surface area contributed by atoms with Crippen LogP contribution in [0, 0.1) is 11.8 Å². The predicted octanol–water partition coefficient (Wildman–Crippen LogP) is 5.10. The van der Waals surface area contributed by atoms with E-state index in [0.29, 0.717) is 6.04 Å². The van der Waals surface area contributed by atoms with Crippen LogP contribution < -0.4 is 5.32 Å². The molecule has 0 saturated heterocycles. The lowest BCUT2D eigenvalue weighted by molar-refractivity contribution is 0.216. The summed E-state index contributed by atoms with van der Waals surface area (Å²) in [7, 11) is 0. The summed E-state index contributed by atoms with van der Waals surface area (Å²) in [6.45, 7) is 5.64. The van der Waals surface area contributed by atoms with E-state index in [4.69, 9.17) is 0 Å². The summed E-state index contributed by atoms with van der Waals surface area (Å²) in [6, 6.07) is 4.71. The summed E-state index contributed by atoms with van der Waals surface area (Å²) in [4.78, 5) is 4.64. The molecule has 112 valence electrons. The molecule has 1 aliphatic rings. The lowest BCUT2D eigenvalue weighted by Crippen LogP contribution is -2.32. The van der Waals surface area contributed by atoms with Gasteiger partial charge in [-0.2, -0.15) is 0 Å². The van der Waals surface area contributed by atoms with Gasteiger partial charge in [-0.1, -0.05) is 33.1 Å². The zero-order valence-electron chi connectivity index (χ0n) is 12.7. The Kier molecular flexibility index (Phi) is 6.50. The number of hydrogen-bond donors (Lipinski definition) is 1. The van der Waals surface area contributed by atoms with Crippen LogP contribution in [0.5, 0.6) is 0 Å². The van der Waals surface area contributed by atoms with E-state index in [1.54, 1.807) is 0 Å². The Morgan fingerprint density at radius 1 is 1.25 bits per heavy atom. The van der Waals surface area contributed by atoms with E-state index < -0.39 is 0 Å². The number of hydrogen-bond acceptors (Lipinski definition) is 2. The molecule has 1 fully saturated rings. The summed E-state index contributed by atoms with van der Waals surface area (Å²) in [5.41, 5.74) is 1.21. The molecule has 0 aromatic carbocycles. The van der Waals surface area contributed by atoms with E-state index >= 15 is 0 Å². The maximum absolute atomic E-state index is 4.64. The molecule has 20 heavy (non-hydrogen) atoms. The molecule has 2 nitrogen and oxygen atoms in total. The minimum absolute atomic E-state index is 0.431. The van der Waals surface area contributed by atoms with Gasteiger partial charge in [0.05, 0.1) is 11.7 Å². The Morgan fingerprint density at radius 2 is 2.00 bits per heavy atom.